The second kappa shape index (κ2) is 9.24. The number of piperidine rings is 1. The van der Waals surface area contributed by atoms with Crippen LogP contribution in [0.1, 0.15) is 29.6 Å². The summed E-state index contributed by atoms with van der Waals surface area (Å²) in [5.74, 6) is 0.0525. The molecule has 0 saturated carbocycles. The highest BCUT2D eigenvalue weighted by Crippen LogP contribution is 2.18. The Morgan fingerprint density at radius 1 is 1.40 bits per heavy atom. The maximum atomic E-state index is 12.5. The molecular formula is C18H27N3O4. The number of hydrogen-bond acceptors (Lipinski definition) is 6. The number of carbonyl (C=O) groups is 1. The number of aromatic nitrogens is 1. The minimum absolute atomic E-state index is 0.0406. The van der Waals surface area contributed by atoms with E-state index in [4.69, 9.17) is 14.6 Å². The fraction of sp³-hybridized carbons (Fsp3) is 0.667. The van der Waals surface area contributed by atoms with Crippen molar-refractivity contribution in [3.05, 3.63) is 30.1 Å². The highest BCUT2D eigenvalue weighted by Gasteiger charge is 2.30. The Bertz CT molecular complexity index is 534. The van der Waals surface area contributed by atoms with Gasteiger partial charge in [0.25, 0.3) is 5.91 Å². The Balaban J connectivity index is 1.47. The van der Waals surface area contributed by atoms with Gasteiger partial charge < -0.3 is 24.8 Å². The molecule has 1 aromatic rings. The Kier molecular flexibility index (Phi) is 6.75. The van der Waals surface area contributed by atoms with Gasteiger partial charge in [0.15, 0.2) is 0 Å². The van der Waals surface area contributed by atoms with E-state index in [2.05, 4.69) is 10.3 Å². The first-order chi connectivity index (χ1) is 12.3. The lowest BCUT2D eigenvalue weighted by atomic mass is 10.00. The van der Waals surface area contributed by atoms with E-state index < -0.39 is 0 Å². The average Bonchev–Trinajstić information content (AvgIpc) is 2.68. The first-order valence-electron chi connectivity index (χ1n) is 9.03. The van der Waals surface area contributed by atoms with Crippen molar-refractivity contribution in [1.82, 2.24) is 15.2 Å². The van der Waals surface area contributed by atoms with Crippen molar-refractivity contribution >= 4 is 5.91 Å². The van der Waals surface area contributed by atoms with Gasteiger partial charge in [0.05, 0.1) is 37.5 Å². The normalized spacial score (nSPS) is 25.1. The molecule has 2 saturated heterocycles. The largest absolute Gasteiger partial charge is 0.394 e. The number of hydrogen-bond donors (Lipinski definition) is 2. The van der Waals surface area contributed by atoms with Crippen molar-refractivity contribution in [1.29, 1.82) is 0 Å². The molecule has 7 nitrogen and oxygen atoms in total. The van der Waals surface area contributed by atoms with Crippen LogP contribution in [0.15, 0.2) is 24.5 Å². The van der Waals surface area contributed by atoms with Crippen LogP contribution in [0.5, 0.6) is 0 Å². The van der Waals surface area contributed by atoms with Crippen molar-refractivity contribution in [3.63, 3.8) is 0 Å². The van der Waals surface area contributed by atoms with E-state index in [9.17, 15) is 4.79 Å². The Morgan fingerprint density at radius 3 is 2.96 bits per heavy atom. The van der Waals surface area contributed by atoms with Gasteiger partial charge in [0.2, 0.25) is 0 Å². The lowest BCUT2D eigenvalue weighted by Gasteiger charge is -2.38. The molecule has 1 amide bonds. The zero-order valence-electron chi connectivity index (χ0n) is 14.5. The standard InChI is InChI=1S/C18H27N3O4/c22-9-11-25-17-5-10-24-13-16(17)20-15-3-7-21(8-4-15)18(23)14-2-1-6-19-12-14/h1-2,6,12,15-17,20,22H,3-5,7-11,13H2/t16-,17+/m1/s1. The predicted octanol–water partition coefficient (Wildman–Crippen LogP) is 0.442. The minimum atomic E-state index is 0.0406. The lowest BCUT2D eigenvalue weighted by molar-refractivity contribution is -0.0669. The van der Waals surface area contributed by atoms with Crippen LogP contribution in [-0.2, 0) is 9.47 Å². The van der Waals surface area contributed by atoms with E-state index in [-0.39, 0.29) is 24.7 Å². The Morgan fingerprint density at radius 2 is 2.24 bits per heavy atom. The number of aliphatic hydroxyl groups excluding tert-OH is 1. The van der Waals surface area contributed by atoms with Gasteiger partial charge >= 0.3 is 0 Å². The van der Waals surface area contributed by atoms with Crippen LogP contribution in [0.2, 0.25) is 0 Å². The van der Waals surface area contributed by atoms with Gasteiger partial charge in [-0.2, -0.15) is 0 Å². The van der Waals surface area contributed by atoms with E-state index in [0.717, 1.165) is 32.4 Å². The number of rotatable bonds is 6. The summed E-state index contributed by atoms with van der Waals surface area (Å²) in [7, 11) is 0. The molecule has 3 rings (SSSR count). The zero-order chi connectivity index (χ0) is 17.5. The van der Waals surface area contributed by atoms with Crippen molar-refractivity contribution in [2.45, 2.75) is 37.5 Å². The first kappa shape index (κ1) is 18.3. The molecule has 0 unspecified atom stereocenters. The third kappa shape index (κ3) is 4.98. The summed E-state index contributed by atoms with van der Waals surface area (Å²) in [6, 6.07) is 4.09. The van der Waals surface area contributed by atoms with E-state index in [1.54, 1.807) is 18.5 Å². The molecule has 1 aromatic heterocycles. The molecule has 7 heteroatoms. The Labute approximate surface area is 148 Å². The summed E-state index contributed by atoms with van der Waals surface area (Å²) >= 11 is 0. The summed E-state index contributed by atoms with van der Waals surface area (Å²) in [6.45, 7) is 3.21. The highest BCUT2D eigenvalue weighted by molar-refractivity contribution is 5.93. The smallest absolute Gasteiger partial charge is 0.255 e. The highest BCUT2D eigenvalue weighted by atomic mass is 16.5. The molecule has 2 fully saturated rings. The van der Waals surface area contributed by atoms with Crippen LogP contribution in [-0.4, -0.2) is 78.6 Å². The summed E-state index contributed by atoms with van der Waals surface area (Å²) in [4.78, 5) is 18.4. The quantitative estimate of drug-likeness (QED) is 0.775. The van der Waals surface area contributed by atoms with E-state index >= 15 is 0 Å². The van der Waals surface area contributed by atoms with Crippen LogP contribution in [0.25, 0.3) is 0 Å². The van der Waals surface area contributed by atoms with Crippen LogP contribution in [0.4, 0.5) is 0 Å². The first-order valence-corrected chi connectivity index (χ1v) is 9.03. The Hall–Kier alpha value is -1.54. The van der Waals surface area contributed by atoms with Crippen LogP contribution in [0.3, 0.4) is 0 Å². The van der Waals surface area contributed by atoms with Gasteiger partial charge in [0, 0.05) is 38.1 Å². The fourth-order valence-electron chi connectivity index (χ4n) is 3.50. The topological polar surface area (TPSA) is 83.9 Å². The number of amides is 1. The molecule has 0 bridgehead atoms. The van der Waals surface area contributed by atoms with Gasteiger partial charge in [-0.15, -0.1) is 0 Å². The molecule has 2 aliphatic rings. The summed E-state index contributed by atoms with van der Waals surface area (Å²) < 4.78 is 11.3. The molecule has 0 aromatic carbocycles. The van der Waals surface area contributed by atoms with Gasteiger partial charge in [-0.05, 0) is 31.4 Å². The van der Waals surface area contributed by atoms with Crippen molar-refractivity contribution in [2.75, 3.05) is 39.5 Å². The number of likely N-dealkylation sites (tertiary alicyclic amines) is 1. The number of nitrogens with one attached hydrogen (secondary N) is 1. The van der Waals surface area contributed by atoms with E-state index in [0.29, 0.717) is 31.4 Å². The summed E-state index contributed by atoms with van der Waals surface area (Å²) in [5, 5.41) is 12.6. The lowest BCUT2D eigenvalue weighted by Crippen LogP contribution is -2.55. The monoisotopic (exact) mass is 349 g/mol. The van der Waals surface area contributed by atoms with Crippen molar-refractivity contribution < 1.29 is 19.4 Å². The van der Waals surface area contributed by atoms with E-state index in [1.807, 2.05) is 11.0 Å². The predicted molar refractivity (Wildman–Crippen MR) is 92.3 cm³/mol. The molecule has 2 atom stereocenters. The van der Waals surface area contributed by atoms with Gasteiger partial charge in [0.1, 0.15) is 0 Å². The maximum absolute atomic E-state index is 12.5. The third-order valence-electron chi connectivity index (χ3n) is 4.86. The van der Waals surface area contributed by atoms with E-state index in [1.165, 1.54) is 0 Å². The number of nitrogens with zero attached hydrogens (tertiary/aromatic N) is 2. The molecule has 0 radical (unpaired) electrons. The van der Waals surface area contributed by atoms with Crippen LogP contribution < -0.4 is 5.32 Å². The summed E-state index contributed by atoms with van der Waals surface area (Å²) in [6.07, 6.45) is 6.04. The molecule has 138 valence electrons. The number of aliphatic hydroxyl groups is 1. The van der Waals surface area contributed by atoms with Crippen LogP contribution >= 0.6 is 0 Å². The van der Waals surface area contributed by atoms with Crippen LogP contribution in [0, 0.1) is 0 Å². The molecule has 0 spiro atoms. The minimum Gasteiger partial charge on any atom is -0.394 e. The second-order valence-corrected chi connectivity index (χ2v) is 6.58. The van der Waals surface area contributed by atoms with Gasteiger partial charge in [-0.25, -0.2) is 0 Å². The number of ether oxygens (including phenoxy) is 2. The second-order valence-electron chi connectivity index (χ2n) is 6.58. The fourth-order valence-corrected chi connectivity index (χ4v) is 3.50. The molecule has 2 aliphatic heterocycles. The molecule has 0 aliphatic carbocycles. The molecule has 25 heavy (non-hydrogen) atoms. The van der Waals surface area contributed by atoms with Gasteiger partial charge in [-0.1, -0.05) is 0 Å². The average molecular weight is 349 g/mol. The SMILES string of the molecule is O=C(c1cccnc1)N1CCC(N[C@@H]2COCC[C@@H]2OCCO)CC1. The van der Waals surface area contributed by atoms with Crippen molar-refractivity contribution in [3.8, 4) is 0 Å². The summed E-state index contributed by atoms with van der Waals surface area (Å²) in [5.41, 5.74) is 0.645. The zero-order valence-corrected chi connectivity index (χ0v) is 14.5. The van der Waals surface area contributed by atoms with Crippen molar-refractivity contribution in [2.24, 2.45) is 0 Å². The van der Waals surface area contributed by atoms with Gasteiger partial charge in [-0.3, -0.25) is 9.78 Å². The molecular weight excluding hydrogens is 322 g/mol. The molecule has 3 heterocycles. The number of carbonyl (C=O) groups excluding carboxylic acids is 1. The maximum Gasteiger partial charge on any atom is 0.255 e. The third-order valence-corrected chi connectivity index (χ3v) is 4.86. The number of pyridine rings is 1. The molecule has 2 N–H and O–H groups in total.